The molecule has 128 valence electrons. The summed E-state index contributed by atoms with van der Waals surface area (Å²) in [4.78, 5) is 27.6. The van der Waals surface area contributed by atoms with E-state index in [-0.39, 0.29) is 11.5 Å². The topological polar surface area (TPSA) is 53.8 Å². The van der Waals surface area contributed by atoms with Crippen molar-refractivity contribution < 1.29 is 9.21 Å². The normalized spacial score (nSPS) is 16.3. The summed E-state index contributed by atoms with van der Waals surface area (Å²) in [6.07, 6.45) is 1.91. The number of nitrogens with zero attached hydrogens (tertiary/aromatic N) is 2. The summed E-state index contributed by atoms with van der Waals surface area (Å²) in [5, 5.41) is 1.02. The van der Waals surface area contributed by atoms with Crippen LogP contribution in [0.5, 0.6) is 0 Å². The molecule has 5 heteroatoms. The minimum absolute atomic E-state index is 0.134. The summed E-state index contributed by atoms with van der Waals surface area (Å²) in [6, 6.07) is 7.62. The van der Waals surface area contributed by atoms with E-state index in [0.717, 1.165) is 50.0 Å². The first-order valence-corrected chi connectivity index (χ1v) is 8.60. The first kappa shape index (κ1) is 16.7. The highest BCUT2D eigenvalue weighted by Crippen LogP contribution is 2.21. The van der Waals surface area contributed by atoms with Crippen molar-refractivity contribution in [3.05, 3.63) is 45.8 Å². The van der Waals surface area contributed by atoms with Crippen LogP contribution in [0.3, 0.4) is 0 Å². The highest BCUT2D eigenvalue weighted by atomic mass is 16.4. The summed E-state index contributed by atoms with van der Waals surface area (Å²) in [7, 11) is 0. The molecule has 0 saturated carbocycles. The average Bonchev–Trinajstić information content (AvgIpc) is 2.80. The van der Waals surface area contributed by atoms with Gasteiger partial charge in [0, 0.05) is 51.1 Å². The van der Waals surface area contributed by atoms with Gasteiger partial charge in [0.05, 0.1) is 0 Å². The molecule has 0 aliphatic carbocycles. The van der Waals surface area contributed by atoms with Crippen molar-refractivity contribution in [2.45, 2.75) is 33.2 Å². The van der Waals surface area contributed by atoms with Gasteiger partial charge < -0.3 is 9.32 Å². The second-order valence-electron chi connectivity index (χ2n) is 6.41. The number of hydrogen-bond donors (Lipinski definition) is 0. The Bertz CT molecular complexity index is 797. The largest absolute Gasteiger partial charge is 0.423 e. The maximum atomic E-state index is 11.9. The quantitative estimate of drug-likeness (QED) is 0.812. The van der Waals surface area contributed by atoms with Gasteiger partial charge >= 0.3 is 5.63 Å². The molecule has 1 aliphatic heterocycles. The van der Waals surface area contributed by atoms with Crippen LogP contribution in [-0.4, -0.2) is 41.9 Å². The van der Waals surface area contributed by atoms with E-state index in [2.05, 4.69) is 17.9 Å². The molecule has 1 aromatic heterocycles. The number of rotatable bonds is 3. The molecular weight excluding hydrogens is 304 g/mol. The van der Waals surface area contributed by atoms with Gasteiger partial charge in [-0.15, -0.1) is 0 Å². The van der Waals surface area contributed by atoms with Crippen LogP contribution in [0, 0.1) is 0 Å². The molecule has 1 fully saturated rings. The van der Waals surface area contributed by atoms with Gasteiger partial charge in [-0.2, -0.15) is 0 Å². The summed E-state index contributed by atoms with van der Waals surface area (Å²) in [5.74, 6) is 0.134. The summed E-state index contributed by atoms with van der Waals surface area (Å²) < 4.78 is 5.34. The Hall–Kier alpha value is -2.14. The fourth-order valence-corrected chi connectivity index (χ4v) is 3.31. The number of fused-ring (bicyclic) bond motifs is 1. The van der Waals surface area contributed by atoms with Crippen LogP contribution in [0.4, 0.5) is 0 Å². The van der Waals surface area contributed by atoms with Crippen molar-refractivity contribution in [3.8, 4) is 0 Å². The van der Waals surface area contributed by atoms with E-state index < -0.39 is 0 Å². The maximum absolute atomic E-state index is 11.9. The highest BCUT2D eigenvalue weighted by molar-refractivity contribution is 5.81. The molecule has 5 nitrogen and oxygen atoms in total. The second kappa shape index (κ2) is 7.18. The minimum Gasteiger partial charge on any atom is -0.423 e. The van der Waals surface area contributed by atoms with Crippen molar-refractivity contribution in [3.63, 3.8) is 0 Å². The highest BCUT2D eigenvalue weighted by Gasteiger charge is 2.18. The predicted molar refractivity (Wildman–Crippen MR) is 94.0 cm³/mol. The third kappa shape index (κ3) is 3.67. The lowest BCUT2D eigenvalue weighted by atomic mass is 10.1. The molecule has 0 spiro atoms. The van der Waals surface area contributed by atoms with Crippen molar-refractivity contribution >= 4 is 16.9 Å². The zero-order chi connectivity index (χ0) is 17.1. The van der Waals surface area contributed by atoms with Crippen molar-refractivity contribution in [2.75, 3.05) is 26.2 Å². The Morgan fingerprint density at radius 3 is 2.75 bits per heavy atom. The number of benzene rings is 1. The Balaban J connectivity index is 1.86. The molecule has 1 amide bonds. The Kier molecular flexibility index (Phi) is 5.00. The van der Waals surface area contributed by atoms with Gasteiger partial charge in [-0.3, -0.25) is 9.69 Å². The molecule has 0 radical (unpaired) electrons. The van der Waals surface area contributed by atoms with E-state index >= 15 is 0 Å². The standard InChI is InChI=1S/C19H24N2O3/c1-3-15-5-6-18-17(11-15)16(12-19(23)24-18)13-20-7-4-8-21(10-9-20)14(2)22/h5-6,11-12H,3-4,7-10,13H2,1-2H3. The smallest absolute Gasteiger partial charge is 0.336 e. The third-order valence-corrected chi connectivity index (χ3v) is 4.73. The Morgan fingerprint density at radius 1 is 1.17 bits per heavy atom. The summed E-state index contributed by atoms with van der Waals surface area (Å²) >= 11 is 0. The van der Waals surface area contributed by atoms with E-state index in [1.807, 2.05) is 17.0 Å². The molecule has 1 aliphatic rings. The van der Waals surface area contributed by atoms with Crippen LogP contribution in [-0.2, 0) is 17.8 Å². The third-order valence-electron chi connectivity index (χ3n) is 4.73. The van der Waals surface area contributed by atoms with Crippen molar-refractivity contribution in [2.24, 2.45) is 0 Å². The first-order chi connectivity index (χ1) is 11.6. The molecule has 24 heavy (non-hydrogen) atoms. The molecule has 1 aromatic carbocycles. The van der Waals surface area contributed by atoms with Crippen LogP contribution >= 0.6 is 0 Å². The van der Waals surface area contributed by atoms with E-state index in [1.165, 1.54) is 5.56 Å². The number of carbonyl (C=O) groups excluding carboxylic acids is 1. The number of aryl methyl sites for hydroxylation is 1. The molecule has 0 N–H and O–H groups in total. The van der Waals surface area contributed by atoms with Gasteiger partial charge in [0.1, 0.15) is 5.58 Å². The molecular formula is C19H24N2O3. The molecule has 0 unspecified atom stereocenters. The van der Waals surface area contributed by atoms with E-state index in [4.69, 9.17) is 4.42 Å². The molecule has 3 rings (SSSR count). The lowest BCUT2D eigenvalue weighted by Crippen LogP contribution is -2.33. The molecule has 0 bridgehead atoms. The molecule has 2 heterocycles. The van der Waals surface area contributed by atoms with Crippen molar-refractivity contribution in [1.29, 1.82) is 0 Å². The second-order valence-corrected chi connectivity index (χ2v) is 6.41. The number of amides is 1. The lowest BCUT2D eigenvalue weighted by Gasteiger charge is -2.21. The average molecular weight is 328 g/mol. The van der Waals surface area contributed by atoms with Gasteiger partial charge in [-0.25, -0.2) is 4.79 Å². The predicted octanol–water partition coefficient (Wildman–Crippen LogP) is 2.41. The van der Waals surface area contributed by atoms with Crippen LogP contribution in [0.1, 0.15) is 31.4 Å². The number of hydrogen-bond acceptors (Lipinski definition) is 4. The minimum atomic E-state index is -0.304. The molecule has 1 saturated heterocycles. The van der Waals surface area contributed by atoms with Crippen LogP contribution in [0.2, 0.25) is 0 Å². The maximum Gasteiger partial charge on any atom is 0.336 e. The number of carbonyl (C=O) groups is 1. The summed E-state index contributed by atoms with van der Waals surface area (Å²) in [6.45, 7) is 7.76. The van der Waals surface area contributed by atoms with Crippen LogP contribution in [0.15, 0.2) is 33.5 Å². The Morgan fingerprint density at radius 2 is 2.00 bits per heavy atom. The lowest BCUT2D eigenvalue weighted by molar-refractivity contribution is -0.128. The first-order valence-electron chi connectivity index (χ1n) is 8.60. The van der Waals surface area contributed by atoms with Crippen LogP contribution < -0.4 is 5.63 Å². The van der Waals surface area contributed by atoms with Gasteiger partial charge in [0.15, 0.2) is 0 Å². The zero-order valence-electron chi connectivity index (χ0n) is 14.4. The monoisotopic (exact) mass is 328 g/mol. The SMILES string of the molecule is CCc1ccc2oc(=O)cc(CN3CCCN(C(C)=O)CC3)c2c1. The fraction of sp³-hybridized carbons (Fsp3) is 0.474. The molecule has 2 aromatic rings. The zero-order valence-corrected chi connectivity index (χ0v) is 14.4. The van der Waals surface area contributed by atoms with Gasteiger partial charge in [0.25, 0.3) is 0 Å². The Labute approximate surface area is 141 Å². The molecule has 0 atom stereocenters. The van der Waals surface area contributed by atoms with Gasteiger partial charge in [0.2, 0.25) is 5.91 Å². The summed E-state index contributed by atoms with van der Waals surface area (Å²) in [5.41, 5.74) is 2.58. The van der Waals surface area contributed by atoms with Gasteiger partial charge in [-0.05, 0) is 36.1 Å². The van der Waals surface area contributed by atoms with E-state index in [1.54, 1.807) is 13.0 Å². The van der Waals surface area contributed by atoms with Crippen LogP contribution in [0.25, 0.3) is 11.0 Å². The van der Waals surface area contributed by atoms with E-state index in [9.17, 15) is 9.59 Å². The fourth-order valence-electron chi connectivity index (χ4n) is 3.31. The van der Waals surface area contributed by atoms with Gasteiger partial charge in [-0.1, -0.05) is 13.0 Å². The van der Waals surface area contributed by atoms with Crippen molar-refractivity contribution in [1.82, 2.24) is 9.80 Å². The van der Waals surface area contributed by atoms with E-state index in [0.29, 0.717) is 12.1 Å².